The zero-order valence-electron chi connectivity index (χ0n) is 11.9. The first-order valence-electron chi connectivity index (χ1n) is 6.87. The van der Waals surface area contributed by atoms with Gasteiger partial charge in [-0.15, -0.1) is 0 Å². The van der Waals surface area contributed by atoms with Gasteiger partial charge >= 0.3 is 0 Å². The van der Waals surface area contributed by atoms with E-state index in [4.69, 9.17) is 9.84 Å². The molecule has 0 aliphatic heterocycles. The second-order valence-electron chi connectivity index (χ2n) is 4.45. The Kier molecular flexibility index (Phi) is 8.91. The van der Waals surface area contributed by atoms with Gasteiger partial charge in [0.25, 0.3) is 0 Å². The summed E-state index contributed by atoms with van der Waals surface area (Å²) in [6.45, 7) is 3.32. The van der Waals surface area contributed by atoms with Crippen molar-refractivity contribution < 1.29 is 14.6 Å². The Balaban J connectivity index is 2.01. The molecule has 0 radical (unpaired) electrons. The van der Waals surface area contributed by atoms with E-state index in [0.29, 0.717) is 19.6 Å². The minimum absolute atomic E-state index is 0.0138. The normalized spacial score (nSPS) is 10.3. The monoisotopic (exact) mass is 297 g/mol. The fourth-order valence-electron chi connectivity index (χ4n) is 1.52. The molecular formula is C15H23NO3S. The SMILES string of the molecule is Cc1ccc(OCCC(=O)NCCSCCCO)cc1. The first-order valence-corrected chi connectivity index (χ1v) is 8.02. The molecule has 4 nitrogen and oxygen atoms in total. The molecule has 112 valence electrons. The van der Waals surface area contributed by atoms with Gasteiger partial charge in [-0.3, -0.25) is 4.79 Å². The molecule has 0 fully saturated rings. The number of hydrogen-bond acceptors (Lipinski definition) is 4. The van der Waals surface area contributed by atoms with E-state index < -0.39 is 0 Å². The van der Waals surface area contributed by atoms with Crippen LogP contribution < -0.4 is 10.1 Å². The van der Waals surface area contributed by atoms with Crippen molar-refractivity contribution in [3.8, 4) is 5.75 Å². The Morgan fingerprint density at radius 1 is 1.30 bits per heavy atom. The summed E-state index contributed by atoms with van der Waals surface area (Å²) in [6.07, 6.45) is 1.18. The van der Waals surface area contributed by atoms with Crippen LogP contribution in [-0.4, -0.2) is 42.3 Å². The van der Waals surface area contributed by atoms with Gasteiger partial charge in [0.1, 0.15) is 5.75 Å². The number of nitrogens with one attached hydrogen (secondary N) is 1. The zero-order chi connectivity index (χ0) is 14.6. The molecule has 5 heteroatoms. The van der Waals surface area contributed by atoms with Crippen molar-refractivity contribution in [2.75, 3.05) is 31.3 Å². The number of ether oxygens (including phenoxy) is 1. The van der Waals surface area contributed by atoms with E-state index in [9.17, 15) is 4.79 Å². The maximum Gasteiger partial charge on any atom is 0.223 e. The highest BCUT2D eigenvalue weighted by molar-refractivity contribution is 7.99. The van der Waals surface area contributed by atoms with Crippen LogP contribution in [0, 0.1) is 6.92 Å². The molecule has 0 heterocycles. The predicted molar refractivity (Wildman–Crippen MR) is 83.3 cm³/mol. The van der Waals surface area contributed by atoms with Gasteiger partial charge in [-0.2, -0.15) is 11.8 Å². The van der Waals surface area contributed by atoms with Gasteiger partial charge in [0, 0.05) is 18.9 Å². The zero-order valence-corrected chi connectivity index (χ0v) is 12.7. The van der Waals surface area contributed by atoms with Crippen molar-refractivity contribution in [1.82, 2.24) is 5.32 Å². The fraction of sp³-hybridized carbons (Fsp3) is 0.533. The van der Waals surface area contributed by atoms with E-state index in [2.05, 4.69) is 5.32 Å². The number of carbonyl (C=O) groups is 1. The van der Waals surface area contributed by atoms with Crippen LogP contribution in [0.1, 0.15) is 18.4 Å². The van der Waals surface area contributed by atoms with Gasteiger partial charge in [0.05, 0.1) is 13.0 Å². The summed E-state index contributed by atoms with van der Waals surface area (Å²) in [5, 5.41) is 11.5. The van der Waals surface area contributed by atoms with Crippen molar-refractivity contribution in [2.24, 2.45) is 0 Å². The van der Waals surface area contributed by atoms with Crippen LogP contribution in [0.2, 0.25) is 0 Å². The number of benzene rings is 1. The maximum atomic E-state index is 11.5. The lowest BCUT2D eigenvalue weighted by Crippen LogP contribution is -2.27. The standard InChI is InChI=1S/C15H23NO3S/c1-13-3-5-14(6-4-13)19-10-7-15(18)16-8-12-20-11-2-9-17/h3-6,17H,2,7-12H2,1H3,(H,16,18). The van der Waals surface area contributed by atoms with Gasteiger partial charge in [0.2, 0.25) is 5.91 Å². The van der Waals surface area contributed by atoms with Crippen molar-refractivity contribution in [3.63, 3.8) is 0 Å². The lowest BCUT2D eigenvalue weighted by Gasteiger charge is -2.07. The second-order valence-corrected chi connectivity index (χ2v) is 5.68. The molecular weight excluding hydrogens is 274 g/mol. The van der Waals surface area contributed by atoms with E-state index in [1.54, 1.807) is 11.8 Å². The Morgan fingerprint density at radius 3 is 2.75 bits per heavy atom. The van der Waals surface area contributed by atoms with Crippen LogP contribution in [0.5, 0.6) is 5.75 Å². The number of hydrogen-bond donors (Lipinski definition) is 2. The minimum Gasteiger partial charge on any atom is -0.493 e. The molecule has 0 unspecified atom stereocenters. The third-order valence-electron chi connectivity index (χ3n) is 2.63. The van der Waals surface area contributed by atoms with Crippen LogP contribution in [-0.2, 0) is 4.79 Å². The molecule has 0 aliphatic carbocycles. The third kappa shape index (κ3) is 8.07. The molecule has 0 saturated carbocycles. The Morgan fingerprint density at radius 2 is 2.05 bits per heavy atom. The molecule has 0 atom stereocenters. The average Bonchev–Trinajstić information content (AvgIpc) is 2.45. The lowest BCUT2D eigenvalue weighted by molar-refractivity contribution is -0.121. The number of amides is 1. The van der Waals surface area contributed by atoms with Crippen LogP contribution >= 0.6 is 11.8 Å². The van der Waals surface area contributed by atoms with Crippen LogP contribution in [0.25, 0.3) is 0 Å². The highest BCUT2D eigenvalue weighted by Crippen LogP contribution is 2.11. The fourth-order valence-corrected chi connectivity index (χ4v) is 2.30. The summed E-state index contributed by atoms with van der Waals surface area (Å²) < 4.78 is 5.50. The number of thioether (sulfide) groups is 1. The molecule has 0 aromatic heterocycles. The summed E-state index contributed by atoms with van der Waals surface area (Å²) in [4.78, 5) is 11.5. The molecule has 1 amide bonds. The summed E-state index contributed by atoms with van der Waals surface area (Å²) in [5.41, 5.74) is 1.19. The summed E-state index contributed by atoms with van der Waals surface area (Å²) >= 11 is 1.74. The number of aryl methyl sites for hydroxylation is 1. The van der Waals surface area contributed by atoms with Crippen molar-refractivity contribution in [2.45, 2.75) is 19.8 Å². The molecule has 0 bridgehead atoms. The molecule has 2 N–H and O–H groups in total. The number of rotatable bonds is 10. The van der Waals surface area contributed by atoms with E-state index in [0.717, 1.165) is 23.7 Å². The van der Waals surface area contributed by atoms with Gasteiger partial charge in [-0.1, -0.05) is 17.7 Å². The highest BCUT2D eigenvalue weighted by atomic mass is 32.2. The molecule has 1 rings (SSSR count). The quantitative estimate of drug-likeness (QED) is 0.649. The number of aliphatic hydroxyl groups excluding tert-OH is 1. The van der Waals surface area contributed by atoms with Gasteiger partial charge < -0.3 is 15.2 Å². The summed E-state index contributed by atoms with van der Waals surface area (Å²) in [6, 6.07) is 7.79. The second kappa shape index (κ2) is 10.6. The predicted octanol–water partition coefficient (Wildman–Crippen LogP) is 2.00. The van der Waals surface area contributed by atoms with Crippen LogP contribution in [0.15, 0.2) is 24.3 Å². The minimum atomic E-state index is 0.0138. The smallest absolute Gasteiger partial charge is 0.223 e. The van der Waals surface area contributed by atoms with Gasteiger partial charge in [-0.05, 0) is 31.2 Å². The van der Waals surface area contributed by atoms with Crippen LogP contribution in [0.3, 0.4) is 0 Å². The van der Waals surface area contributed by atoms with E-state index >= 15 is 0 Å². The number of carbonyl (C=O) groups excluding carboxylic acids is 1. The Labute approximate surface area is 124 Å². The van der Waals surface area contributed by atoms with Gasteiger partial charge in [-0.25, -0.2) is 0 Å². The van der Waals surface area contributed by atoms with E-state index in [-0.39, 0.29) is 12.5 Å². The van der Waals surface area contributed by atoms with E-state index in [1.165, 1.54) is 5.56 Å². The molecule has 0 spiro atoms. The summed E-state index contributed by atoms with van der Waals surface area (Å²) in [5.74, 6) is 2.62. The highest BCUT2D eigenvalue weighted by Gasteiger charge is 2.01. The summed E-state index contributed by atoms with van der Waals surface area (Å²) in [7, 11) is 0. The van der Waals surface area contributed by atoms with Crippen LogP contribution in [0.4, 0.5) is 0 Å². The number of aliphatic hydroxyl groups is 1. The largest absolute Gasteiger partial charge is 0.493 e. The molecule has 1 aromatic carbocycles. The van der Waals surface area contributed by atoms with Crippen molar-refractivity contribution in [1.29, 1.82) is 0 Å². The van der Waals surface area contributed by atoms with Crippen molar-refractivity contribution in [3.05, 3.63) is 29.8 Å². The first-order chi connectivity index (χ1) is 9.72. The Bertz CT molecular complexity index is 381. The van der Waals surface area contributed by atoms with E-state index in [1.807, 2.05) is 31.2 Å². The van der Waals surface area contributed by atoms with Gasteiger partial charge in [0.15, 0.2) is 0 Å². The molecule has 0 aliphatic rings. The maximum absolute atomic E-state index is 11.5. The molecule has 20 heavy (non-hydrogen) atoms. The first kappa shape index (κ1) is 16.9. The Hall–Kier alpha value is -1.20. The average molecular weight is 297 g/mol. The topological polar surface area (TPSA) is 58.6 Å². The lowest BCUT2D eigenvalue weighted by atomic mass is 10.2. The van der Waals surface area contributed by atoms with Crippen molar-refractivity contribution >= 4 is 17.7 Å². The molecule has 1 aromatic rings. The molecule has 0 saturated heterocycles. The third-order valence-corrected chi connectivity index (χ3v) is 3.70.